The van der Waals surface area contributed by atoms with Crippen LogP contribution in [0.1, 0.15) is 14.5 Å². The number of ether oxygens (including phenoxy) is 1. The fraction of sp³-hybridized carbons (Fsp3) is 0.143. The summed E-state index contributed by atoms with van der Waals surface area (Å²) < 4.78 is 4.93. The lowest BCUT2D eigenvalue weighted by atomic mass is 10.3. The Bertz CT molecular complexity index is 639. The van der Waals surface area contributed by atoms with Gasteiger partial charge in [0, 0.05) is 4.88 Å². The molecule has 1 heterocycles. The normalized spacial score (nSPS) is 10.1. The number of esters is 1. The molecule has 20 heavy (non-hydrogen) atoms. The molecular formula is C14H12ClNO3S. The van der Waals surface area contributed by atoms with Crippen molar-refractivity contribution in [2.45, 2.75) is 6.92 Å². The van der Waals surface area contributed by atoms with E-state index >= 15 is 0 Å². The van der Waals surface area contributed by atoms with Gasteiger partial charge in [-0.25, -0.2) is 4.79 Å². The molecule has 0 fully saturated rings. The van der Waals surface area contributed by atoms with Crippen molar-refractivity contribution in [2.24, 2.45) is 0 Å². The number of para-hydroxylation sites is 1. The standard InChI is InChI=1S/C14H12ClNO3S/c1-9-6-7-12(20-9)14(18)19-8-13(17)16-11-5-3-2-4-10(11)15/h2-7H,8H2,1H3,(H,16,17). The van der Waals surface area contributed by atoms with Gasteiger partial charge >= 0.3 is 5.97 Å². The third kappa shape index (κ3) is 3.82. The smallest absolute Gasteiger partial charge is 0.348 e. The lowest BCUT2D eigenvalue weighted by molar-refractivity contribution is -0.119. The first-order valence-electron chi connectivity index (χ1n) is 5.84. The molecule has 2 aromatic rings. The number of thiophene rings is 1. The van der Waals surface area contributed by atoms with E-state index in [0.29, 0.717) is 15.6 Å². The van der Waals surface area contributed by atoms with Gasteiger partial charge in [-0.15, -0.1) is 11.3 Å². The molecule has 1 N–H and O–H groups in total. The molecule has 0 aliphatic carbocycles. The van der Waals surface area contributed by atoms with Crippen molar-refractivity contribution in [3.05, 3.63) is 51.2 Å². The van der Waals surface area contributed by atoms with Crippen LogP contribution in [0, 0.1) is 6.92 Å². The van der Waals surface area contributed by atoms with Crippen LogP contribution < -0.4 is 5.32 Å². The zero-order chi connectivity index (χ0) is 14.5. The first kappa shape index (κ1) is 14.6. The number of nitrogens with one attached hydrogen (secondary N) is 1. The summed E-state index contributed by atoms with van der Waals surface area (Å²) in [6.45, 7) is 1.55. The molecule has 0 aliphatic heterocycles. The van der Waals surface area contributed by atoms with Crippen LogP contribution in [-0.4, -0.2) is 18.5 Å². The highest BCUT2D eigenvalue weighted by Crippen LogP contribution is 2.20. The molecule has 0 atom stereocenters. The molecular weight excluding hydrogens is 298 g/mol. The highest BCUT2D eigenvalue weighted by Gasteiger charge is 2.12. The summed E-state index contributed by atoms with van der Waals surface area (Å²) in [5.74, 6) is -0.933. The molecule has 0 unspecified atom stereocenters. The van der Waals surface area contributed by atoms with E-state index in [1.165, 1.54) is 11.3 Å². The molecule has 0 radical (unpaired) electrons. The van der Waals surface area contributed by atoms with E-state index in [4.69, 9.17) is 16.3 Å². The van der Waals surface area contributed by atoms with Crippen molar-refractivity contribution in [3.63, 3.8) is 0 Å². The summed E-state index contributed by atoms with van der Waals surface area (Å²) >= 11 is 7.24. The summed E-state index contributed by atoms with van der Waals surface area (Å²) in [5, 5.41) is 3.01. The van der Waals surface area contributed by atoms with Crippen LogP contribution in [0.4, 0.5) is 5.69 Å². The zero-order valence-electron chi connectivity index (χ0n) is 10.7. The maximum Gasteiger partial charge on any atom is 0.348 e. The Labute approximate surface area is 125 Å². The highest BCUT2D eigenvalue weighted by atomic mass is 35.5. The van der Waals surface area contributed by atoms with E-state index < -0.39 is 11.9 Å². The van der Waals surface area contributed by atoms with Crippen LogP contribution in [0.15, 0.2) is 36.4 Å². The predicted molar refractivity (Wildman–Crippen MR) is 79.4 cm³/mol. The fourth-order valence-corrected chi connectivity index (χ4v) is 2.44. The van der Waals surface area contributed by atoms with E-state index in [1.807, 2.05) is 13.0 Å². The van der Waals surface area contributed by atoms with Gasteiger partial charge in [0.2, 0.25) is 0 Å². The van der Waals surface area contributed by atoms with Crippen LogP contribution >= 0.6 is 22.9 Å². The van der Waals surface area contributed by atoms with Gasteiger partial charge in [0.25, 0.3) is 5.91 Å². The minimum Gasteiger partial charge on any atom is -0.451 e. The van der Waals surface area contributed by atoms with Crippen LogP contribution in [0.3, 0.4) is 0 Å². The summed E-state index contributed by atoms with van der Waals surface area (Å²) in [6, 6.07) is 10.3. The zero-order valence-corrected chi connectivity index (χ0v) is 12.3. The molecule has 0 bridgehead atoms. The van der Waals surface area contributed by atoms with E-state index in [1.54, 1.807) is 30.3 Å². The van der Waals surface area contributed by atoms with Gasteiger partial charge < -0.3 is 10.1 Å². The number of carbonyl (C=O) groups excluding carboxylic acids is 2. The van der Waals surface area contributed by atoms with E-state index in [9.17, 15) is 9.59 Å². The van der Waals surface area contributed by atoms with Crippen molar-refractivity contribution in [2.75, 3.05) is 11.9 Å². The molecule has 6 heteroatoms. The number of amides is 1. The van der Waals surface area contributed by atoms with E-state index in [-0.39, 0.29) is 6.61 Å². The SMILES string of the molecule is Cc1ccc(C(=O)OCC(=O)Nc2ccccc2Cl)s1. The molecule has 1 aromatic heterocycles. The quantitative estimate of drug-likeness (QED) is 0.879. The Morgan fingerprint density at radius 3 is 2.65 bits per heavy atom. The van der Waals surface area contributed by atoms with Crippen molar-refractivity contribution in [1.29, 1.82) is 0 Å². The Morgan fingerprint density at radius 2 is 2.00 bits per heavy atom. The molecule has 2 rings (SSSR count). The molecule has 0 saturated carbocycles. The maximum atomic E-state index is 11.7. The highest BCUT2D eigenvalue weighted by molar-refractivity contribution is 7.13. The van der Waals surface area contributed by atoms with Crippen molar-refractivity contribution in [1.82, 2.24) is 0 Å². The second kappa shape index (κ2) is 6.54. The van der Waals surface area contributed by atoms with Crippen LogP contribution in [0.25, 0.3) is 0 Å². The average molecular weight is 310 g/mol. The summed E-state index contributed by atoms with van der Waals surface area (Å²) in [6.07, 6.45) is 0. The number of benzene rings is 1. The maximum absolute atomic E-state index is 11.7. The fourth-order valence-electron chi connectivity index (χ4n) is 1.50. The van der Waals surface area contributed by atoms with Crippen LogP contribution in [0.5, 0.6) is 0 Å². The number of anilines is 1. The summed E-state index contributed by atoms with van der Waals surface area (Å²) in [4.78, 5) is 24.8. The number of hydrogen-bond acceptors (Lipinski definition) is 4. The number of aryl methyl sites for hydroxylation is 1. The second-order valence-electron chi connectivity index (χ2n) is 4.01. The van der Waals surface area contributed by atoms with Gasteiger partial charge in [0.15, 0.2) is 6.61 Å². The van der Waals surface area contributed by atoms with Gasteiger partial charge in [-0.05, 0) is 31.2 Å². The Kier molecular flexibility index (Phi) is 4.76. The lowest BCUT2D eigenvalue weighted by Gasteiger charge is -2.07. The van der Waals surface area contributed by atoms with Gasteiger partial charge in [-0.2, -0.15) is 0 Å². The first-order chi connectivity index (χ1) is 9.56. The van der Waals surface area contributed by atoms with Crippen molar-refractivity contribution >= 4 is 40.5 Å². The van der Waals surface area contributed by atoms with Gasteiger partial charge in [-0.3, -0.25) is 4.79 Å². The largest absolute Gasteiger partial charge is 0.451 e. The minimum absolute atomic E-state index is 0.346. The van der Waals surface area contributed by atoms with Crippen molar-refractivity contribution in [3.8, 4) is 0 Å². The molecule has 0 aliphatic rings. The number of rotatable bonds is 4. The molecule has 1 amide bonds. The molecule has 104 valence electrons. The Morgan fingerprint density at radius 1 is 1.25 bits per heavy atom. The van der Waals surface area contributed by atoms with Gasteiger partial charge in [0.1, 0.15) is 4.88 Å². The predicted octanol–water partition coefficient (Wildman–Crippen LogP) is 3.51. The van der Waals surface area contributed by atoms with Gasteiger partial charge in [-0.1, -0.05) is 23.7 Å². The molecule has 0 saturated heterocycles. The van der Waals surface area contributed by atoms with Crippen molar-refractivity contribution < 1.29 is 14.3 Å². The summed E-state index contributed by atoms with van der Waals surface area (Å²) in [5.41, 5.74) is 0.488. The van der Waals surface area contributed by atoms with Crippen LogP contribution in [0.2, 0.25) is 5.02 Å². The average Bonchev–Trinajstić information content (AvgIpc) is 2.85. The number of halogens is 1. The number of hydrogen-bond donors (Lipinski definition) is 1. The summed E-state index contributed by atoms with van der Waals surface area (Å²) in [7, 11) is 0. The molecule has 4 nitrogen and oxygen atoms in total. The van der Waals surface area contributed by atoms with Crippen LogP contribution in [-0.2, 0) is 9.53 Å². The third-order valence-electron chi connectivity index (χ3n) is 2.42. The van der Waals surface area contributed by atoms with E-state index in [2.05, 4.69) is 5.32 Å². The lowest BCUT2D eigenvalue weighted by Crippen LogP contribution is -2.20. The topological polar surface area (TPSA) is 55.4 Å². The molecule has 0 spiro atoms. The minimum atomic E-state index is -0.502. The third-order valence-corrected chi connectivity index (χ3v) is 3.73. The first-order valence-corrected chi connectivity index (χ1v) is 7.03. The molecule has 1 aromatic carbocycles. The van der Waals surface area contributed by atoms with Gasteiger partial charge in [0.05, 0.1) is 10.7 Å². The number of carbonyl (C=O) groups is 2. The van der Waals surface area contributed by atoms with E-state index in [0.717, 1.165) is 4.88 Å². The Hall–Kier alpha value is -1.85. The Balaban J connectivity index is 1.87. The monoisotopic (exact) mass is 309 g/mol. The second-order valence-corrected chi connectivity index (χ2v) is 5.71.